The fourth-order valence-electron chi connectivity index (χ4n) is 5.11. The summed E-state index contributed by atoms with van der Waals surface area (Å²) in [7, 11) is 0. The lowest BCUT2D eigenvalue weighted by atomic mass is 9.98. The van der Waals surface area contributed by atoms with E-state index in [0.29, 0.717) is 54.5 Å². The highest BCUT2D eigenvalue weighted by Gasteiger charge is 2.20. The molecule has 12 heteroatoms. The fraction of sp³-hybridized carbons (Fsp3) is 0.156. The molecule has 0 aliphatic rings. The van der Waals surface area contributed by atoms with Gasteiger partial charge in [-0.1, -0.05) is 66.7 Å². The van der Waals surface area contributed by atoms with Crippen LogP contribution in [-0.2, 0) is 13.0 Å². The van der Waals surface area contributed by atoms with Crippen LogP contribution in [0.25, 0.3) is 33.5 Å². The Morgan fingerprint density at radius 2 is 1.70 bits per heavy atom. The Morgan fingerprint density at radius 3 is 2.41 bits per heavy atom. The molecule has 220 valence electrons. The molecule has 0 saturated carbocycles. The summed E-state index contributed by atoms with van der Waals surface area (Å²) in [5.41, 5.74) is 6.59. The summed E-state index contributed by atoms with van der Waals surface area (Å²) in [6.07, 6.45) is 0.533. The van der Waals surface area contributed by atoms with Crippen molar-refractivity contribution in [1.82, 2.24) is 35.5 Å². The molecule has 2 heterocycles. The molecule has 0 saturated heterocycles. The van der Waals surface area contributed by atoms with Crippen LogP contribution in [0.2, 0.25) is 0 Å². The van der Waals surface area contributed by atoms with E-state index in [1.165, 1.54) is 12.1 Å². The minimum absolute atomic E-state index is 0.0335. The van der Waals surface area contributed by atoms with Gasteiger partial charge in [-0.05, 0) is 52.9 Å². The summed E-state index contributed by atoms with van der Waals surface area (Å²) >= 11 is 0. The highest BCUT2D eigenvalue weighted by atomic mass is 16.6. The number of tetrazole rings is 1. The summed E-state index contributed by atoms with van der Waals surface area (Å²) in [4.78, 5) is 28.6. The number of nitrogens with one attached hydrogen (secondary N) is 2. The quantitative estimate of drug-likeness (QED) is 0.154. The van der Waals surface area contributed by atoms with Crippen molar-refractivity contribution in [2.75, 3.05) is 13.2 Å². The maximum atomic E-state index is 13.4. The predicted octanol–water partition coefficient (Wildman–Crippen LogP) is 5.21. The summed E-state index contributed by atoms with van der Waals surface area (Å²) < 4.78 is 7.82. The number of hydrogen-bond donors (Lipinski definition) is 2. The Morgan fingerprint density at radius 1 is 0.955 bits per heavy atom. The number of fused-ring (bicyclic) bond motifs is 1. The SMILES string of the molecule is CCOc1nc2cccc(C(=O)NCCc3ccc([N+](=O)[O-])cc3)c2n1Cc1ccc(-c2ccccc2-c2nn[nH]n2)cc1. The third kappa shape index (κ3) is 5.86. The second-order valence-electron chi connectivity index (χ2n) is 9.99. The monoisotopic (exact) mass is 588 g/mol. The lowest BCUT2D eigenvalue weighted by Gasteiger charge is -2.13. The number of H-pyrrole nitrogens is 1. The van der Waals surface area contributed by atoms with Crippen molar-refractivity contribution in [3.63, 3.8) is 0 Å². The highest BCUT2D eigenvalue weighted by molar-refractivity contribution is 6.05. The van der Waals surface area contributed by atoms with Crippen LogP contribution in [0.3, 0.4) is 0 Å². The Balaban J connectivity index is 1.24. The number of benzene rings is 4. The first-order valence-electron chi connectivity index (χ1n) is 14.1. The Labute approximate surface area is 251 Å². The van der Waals surface area contributed by atoms with E-state index in [4.69, 9.17) is 4.74 Å². The molecule has 12 nitrogen and oxygen atoms in total. The zero-order chi connectivity index (χ0) is 30.5. The number of carbonyl (C=O) groups excluding carboxylic acids is 1. The number of aromatic amines is 1. The molecule has 0 fully saturated rings. The average molecular weight is 589 g/mol. The number of aromatic nitrogens is 6. The largest absolute Gasteiger partial charge is 0.465 e. The maximum absolute atomic E-state index is 13.4. The number of rotatable bonds is 11. The normalized spacial score (nSPS) is 11.0. The van der Waals surface area contributed by atoms with Gasteiger partial charge in [0.1, 0.15) is 0 Å². The van der Waals surface area contributed by atoms with Gasteiger partial charge in [0.25, 0.3) is 17.6 Å². The van der Waals surface area contributed by atoms with Gasteiger partial charge in [-0.2, -0.15) is 10.2 Å². The number of carbonyl (C=O) groups is 1. The van der Waals surface area contributed by atoms with Gasteiger partial charge in [0.15, 0.2) is 0 Å². The third-order valence-corrected chi connectivity index (χ3v) is 7.22. The molecule has 2 N–H and O–H groups in total. The molecule has 0 bridgehead atoms. The number of para-hydroxylation sites is 1. The molecule has 0 unspecified atom stereocenters. The lowest BCUT2D eigenvalue weighted by molar-refractivity contribution is -0.384. The molecule has 0 atom stereocenters. The Bertz CT molecular complexity index is 1920. The second kappa shape index (κ2) is 12.5. The second-order valence-corrected chi connectivity index (χ2v) is 9.99. The van der Waals surface area contributed by atoms with Crippen molar-refractivity contribution in [2.24, 2.45) is 0 Å². The molecule has 0 aliphatic carbocycles. The molecule has 6 rings (SSSR count). The standard InChI is InChI=1S/C32H28N8O4/c1-2-44-32-34-28-9-5-8-27(31(41)33-19-18-21-12-16-24(17-13-21)40(42)43)29(28)39(32)20-22-10-14-23(15-11-22)25-6-3-4-7-26(25)30-35-37-38-36-30/h3-17H,2,18-20H2,1H3,(H,33,41)(H,35,36,37,38). The number of nitro benzene ring substituents is 1. The van der Waals surface area contributed by atoms with Crippen LogP contribution >= 0.6 is 0 Å². The summed E-state index contributed by atoms with van der Waals surface area (Å²) in [5, 5.41) is 28.4. The van der Waals surface area contributed by atoms with E-state index in [9.17, 15) is 14.9 Å². The molecule has 4 aromatic carbocycles. The van der Waals surface area contributed by atoms with Crippen LogP contribution in [0.5, 0.6) is 6.01 Å². The van der Waals surface area contributed by atoms with Crippen LogP contribution in [0, 0.1) is 10.1 Å². The van der Waals surface area contributed by atoms with E-state index in [1.807, 2.05) is 66.1 Å². The van der Waals surface area contributed by atoms with Gasteiger partial charge in [-0.3, -0.25) is 19.5 Å². The van der Waals surface area contributed by atoms with Crippen LogP contribution in [0.15, 0.2) is 91.0 Å². The van der Waals surface area contributed by atoms with E-state index in [1.54, 1.807) is 24.3 Å². The van der Waals surface area contributed by atoms with Crippen molar-refractivity contribution < 1.29 is 14.5 Å². The van der Waals surface area contributed by atoms with Gasteiger partial charge in [0.05, 0.1) is 34.7 Å². The fourth-order valence-corrected chi connectivity index (χ4v) is 5.11. The molecule has 6 aromatic rings. The minimum atomic E-state index is -0.433. The maximum Gasteiger partial charge on any atom is 0.297 e. The van der Waals surface area contributed by atoms with Gasteiger partial charge in [0, 0.05) is 24.2 Å². The molecule has 0 aliphatic heterocycles. The van der Waals surface area contributed by atoms with E-state index >= 15 is 0 Å². The van der Waals surface area contributed by atoms with Crippen molar-refractivity contribution in [3.8, 4) is 28.5 Å². The molecule has 44 heavy (non-hydrogen) atoms. The average Bonchev–Trinajstić information content (AvgIpc) is 3.71. The first kappa shape index (κ1) is 28.2. The van der Waals surface area contributed by atoms with Crippen LogP contribution in [0.4, 0.5) is 5.69 Å². The first-order valence-corrected chi connectivity index (χ1v) is 14.1. The van der Waals surface area contributed by atoms with Gasteiger partial charge in [0.2, 0.25) is 5.82 Å². The number of hydrogen-bond acceptors (Lipinski definition) is 8. The number of ether oxygens (including phenoxy) is 1. The molecule has 2 aromatic heterocycles. The number of nitro groups is 1. The number of amides is 1. The number of non-ortho nitro benzene ring substituents is 1. The van der Waals surface area contributed by atoms with Crippen molar-refractivity contribution in [2.45, 2.75) is 19.9 Å². The van der Waals surface area contributed by atoms with Crippen molar-refractivity contribution in [1.29, 1.82) is 0 Å². The van der Waals surface area contributed by atoms with Gasteiger partial charge in [-0.25, -0.2) is 0 Å². The molecule has 0 spiro atoms. The minimum Gasteiger partial charge on any atom is -0.465 e. The molecule has 0 radical (unpaired) electrons. The summed E-state index contributed by atoms with van der Waals surface area (Å²) in [5.74, 6) is 0.282. The highest BCUT2D eigenvalue weighted by Crippen LogP contribution is 2.31. The summed E-state index contributed by atoms with van der Waals surface area (Å²) in [6.45, 7) is 3.12. The van der Waals surface area contributed by atoms with E-state index in [2.05, 4.69) is 30.9 Å². The molecular weight excluding hydrogens is 560 g/mol. The summed E-state index contributed by atoms with van der Waals surface area (Å²) in [6, 6.07) is 28.2. The predicted molar refractivity (Wildman–Crippen MR) is 164 cm³/mol. The van der Waals surface area contributed by atoms with Crippen molar-refractivity contribution >= 4 is 22.6 Å². The lowest BCUT2D eigenvalue weighted by Crippen LogP contribution is -2.26. The van der Waals surface area contributed by atoms with Gasteiger partial charge in [-0.15, -0.1) is 10.2 Å². The Hall–Kier alpha value is -5.91. The van der Waals surface area contributed by atoms with Gasteiger partial charge < -0.3 is 10.1 Å². The zero-order valence-electron chi connectivity index (χ0n) is 23.8. The topological polar surface area (TPSA) is 154 Å². The van der Waals surface area contributed by atoms with E-state index in [0.717, 1.165) is 27.8 Å². The Kier molecular flexibility index (Phi) is 8.04. The van der Waals surface area contributed by atoms with Crippen LogP contribution in [0.1, 0.15) is 28.4 Å². The zero-order valence-corrected chi connectivity index (χ0v) is 23.8. The van der Waals surface area contributed by atoms with Crippen molar-refractivity contribution in [3.05, 3.63) is 118 Å². The van der Waals surface area contributed by atoms with Crippen LogP contribution in [-0.4, -0.2) is 54.2 Å². The smallest absolute Gasteiger partial charge is 0.297 e. The first-order chi connectivity index (χ1) is 21.5. The number of nitrogens with zero attached hydrogens (tertiary/aromatic N) is 6. The van der Waals surface area contributed by atoms with E-state index in [-0.39, 0.29) is 11.6 Å². The third-order valence-electron chi connectivity index (χ3n) is 7.22. The number of imidazole rings is 1. The molecular formula is C32H28N8O4. The van der Waals surface area contributed by atoms with Crippen LogP contribution < -0.4 is 10.1 Å². The molecule has 1 amide bonds. The van der Waals surface area contributed by atoms with Gasteiger partial charge >= 0.3 is 0 Å². The van der Waals surface area contributed by atoms with E-state index < -0.39 is 4.92 Å².